The van der Waals surface area contributed by atoms with E-state index < -0.39 is 0 Å². The Kier molecular flexibility index (Phi) is 5.73. The van der Waals surface area contributed by atoms with E-state index in [4.69, 9.17) is 0 Å². The smallest absolute Gasteiger partial charge is 0.286 e. The van der Waals surface area contributed by atoms with Crippen LogP contribution in [0.2, 0.25) is 0 Å². The Balaban J connectivity index is 1.33. The van der Waals surface area contributed by atoms with E-state index in [0.717, 1.165) is 52.2 Å². The summed E-state index contributed by atoms with van der Waals surface area (Å²) in [5.41, 5.74) is 4.34. The van der Waals surface area contributed by atoms with Gasteiger partial charge in [-0.15, -0.1) is 0 Å². The average Bonchev–Trinajstić information content (AvgIpc) is 3.18. The zero-order chi connectivity index (χ0) is 20.4. The lowest BCUT2D eigenvalue weighted by Gasteiger charge is -2.09. The lowest BCUT2D eigenvalue weighted by molar-refractivity contribution is -0.119. The molecule has 2 fully saturated rings. The van der Waals surface area contributed by atoms with Gasteiger partial charge in [-0.1, -0.05) is 72.1 Å². The molecule has 6 nitrogen and oxygen atoms in total. The summed E-state index contributed by atoms with van der Waals surface area (Å²) in [5, 5.41) is 3.36. The minimum atomic E-state index is -0.351. The Morgan fingerprint density at radius 3 is 1.24 bits per heavy atom. The van der Waals surface area contributed by atoms with Crippen molar-refractivity contribution in [1.29, 1.82) is 0 Å². The van der Waals surface area contributed by atoms with Gasteiger partial charge in [0.2, 0.25) is 11.8 Å². The summed E-state index contributed by atoms with van der Waals surface area (Å²) in [6.07, 6.45) is 1.84. The van der Waals surface area contributed by atoms with E-state index in [1.807, 2.05) is 48.5 Å². The van der Waals surface area contributed by atoms with Crippen LogP contribution in [0.4, 0.5) is 9.59 Å². The van der Waals surface area contributed by atoms with Crippen molar-refractivity contribution in [3.05, 3.63) is 70.8 Å². The maximum absolute atomic E-state index is 11.7. The van der Waals surface area contributed by atoms with Crippen molar-refractivity contribution < 1.29 is 19.2 Å². The van der Waals surface area contributed by atoms with Gasteiger partial charge < -0.3 is 0 Å². The molecule has 29 heavy (non-hydrogen) atoms. The van der Waals surface area contributed by atoms with Crippen LogP contribution >= 0.6 is 23.5 Å². The Hall–Kier alpha value is -2.58. The van der Waals surface area contributed by atoms with Crippen LogP contribution in [0.15, 0.2) is 48.5 Å². The van der Waals surface area contributed by atoms with Crippen molar-refractivity contribution in [2.24, 2.45) is 0 Å². The monoisotopic (exact) mass is 426 g/mol. The number of thioether (sulfide) groups is 2. The average molecular weight is 427 g/mol. The minimum absolute atomic E-state index is 0.220. The van der Waals surface area contributed by atoms with Crippen LogP contribution in [-0.2, 0) is 28.9 Å². The highest BCUT2D eigenvalue weighted by Gasteiger charge is 2.32. The molecule has 0 aliphatic carbocycles. The van der Waals surface area contributed by atoms with Crippen molar-refractivity contribution in [2.45, 2.75) is 29.8 Å². The van der Waals surface area contributed by atoms with Gasteiger partial charge in [0.05, 0.1) is 10.5 Å². The molecule has 2 unspecified atom stereocenters. The number of nitrogens with one attached hydrogen (secondary N) is 2. The molecule has 2 aliphatic heterocycles. The summed E-state index contributed by atoms with van der Waals surface area (Å²) in [4.78, 5) is 45.9. The molecule has 2 aliphatic rings. The van der Waals surface area contributed by atoms with E-state index >= 15 is 0 Å². The van der Waals surface area contributed by atoms with Crippen molar-refractivity contribution in [2.75, 3.05) is 0 Å². The molecular weight excluding hydrogens is 408 g/mol. The molecule has 0 spiro atoms. The number of hydrogen-bond acceptors (Lipinski definition) is 6. The number of carbonyl (C=O) groups excluding carboxylic acids is 4. The summed E-state index contributed by atoms with van der Waals surface area (Å²) in [7, 11) is 0. The maximum atomic E-state index is 11.7. The second kappa shape index (κ2) is 8.42. The van der Waals surface area contributed by atoms with Crippen LogP contribution in [0, 0.1) is 0 Å². The Labute approximate surface area is 176 Å². The van der Waals surface area contributed by atoms with Gasteiger partial charge in [0.25, 0.3) is 10.5 Å². The second-order valence-electron chi connectivity index (χ2n) is 6.98. The first kappa shape index (κ1) is 19.7. The highest BCUT2D eigenvalue weighted by Crippen LogP contribution is 2.24. The van der Waals surface area contributed by atoms with Crippen LogP contribution in [0.5, 0.6) is 0 Å². The summed E-state index contributed by atoms with van der Waals surface area (Å²) < 4.78 is 0. The van der Waals surface area contributed by atoms with Crippen LogP contribution in [-0.4, -0.2) is 32.8 Å². The number of benzene rings is 2. The molecule has 0 aromatic heterocycles. The Morgan fingerprint density at radius 1 is 0.586 bits per heavy atom. The quantitative estimate of drug-likeness (QED) is 0.738. The Bertz CT molecular complexity index is 894. The summed E-state index contributed by atoms with van der Waals surface area (Å²) in [5.74, 6) is -0.441. The normalized spacial score (nSPS) is 21.4. The SMILES string of the molecule is O=C1NC(=O)C(Cc2ccc(Cc3ccc(CC4SC(=O)NC4=O)cc3)cc2)S1. The largest absolute Gasteiger partial charge is 0.286 e. The van der Waals surface area contributed by atoms with Gasteiger partial charge >= 0.3 is 0 Å². The molecule has 8 heteroatoms. The van der Waals surface area contributed by atoms with Crippen molar-refractivity contribution in [3.63, 3.8) is 0 Å². The van der Waals surface area contributed by atoms with Crippen molar-refractivity contribution in [3.8, 4) is 0 Å². The van der Waals surface area contributed by atoms with Crippen LogP contribution in [0.3, 0.4) is 0 Å². The zero-order valence-corrected chi connectivity index (χ0v) is 17.0. The molecule has 148 valence electrons. The van der Waals surface area contributed by atoms with Crippen LogP contribution in [0.25, 0.3) is 0 Å². The van der Waals surface area contributed by atoms with Gasteiger partial charge in [-0.2, -0.15) is 0 Å². The second-order valence-corrected chi connectivity index (χ2v) is 9.34. The molecule has 4 amide bonds. The predicted octanol–water partition coefficient (Wildman–Crippen LogP) is 3.07. The van der Waals surface area contributed by atoms with Gasteiger partial charge in [0, 0.05) is 0 Å². The fraction of sp³-hybridized carbons (Fsp3) is 0.238. The van der Waals surface area contributed by atoms with E-state index in [0.29, 0.717) is 12.8 Å². The van der Waals surface area contributed by atoms with Crippen molar-refractivity contribution >= 4 is 45.8 Å². The van der Waals surface area contributed by atoms with Gasteiger partial charge in [0.1, 0.15) is 0 Å². The molecule has 2 saturated heterocycles. The van der Waals surface area contributed by atoms with E-state index in [2.05, 4.69) is 10.6 Å². The molecular formula is C21H18N2O4S2. The lowest BCUT2D eigenvalue weighted by Crippen LogP contribution is -2.25. The first-order valence-electron chi connectivity index (χ1n) is 9.15. The summed E-state index contributed by atoms with van der Waals surface area (Å²) in [6.45, 7) is 0. The van der Waals surface area contributed by atoms with Crippen LogP contribution < -0.4 is 10.6 Å². The zero-order valence-electron chi connectivity index (χ0n) is 15.3. The molecule has 4 rings (SSSR count). The van der Waals surface area contributed by atoms with Gasteiger partial charge in [-0.25, -0.2) is 0 Å². The molecule has 0 saturated carbocycles. The topological polar surface area (TPSA) is 92.3 Å². The molecule has 2 atom stereocenters. The van der Waals surface area contributed by atoms with Gasteiger partial charge in [-0.05, 0) is 41.5 Å². The van der Waals surface area contributed by atoms with Gasteiger partial charge in [0.15, 0.2) is 0 Å². The third-order valence-electron chi connectivity index (χ3n) is 4.83. The number of rotatable bonds is 6. The van der Waals surface area contributed by atoms with E-state index in [-0.39, 0.29) is 32.8 Å². The standard InChI is InChI=1S/C21H18N2O4S2/c24-18-16(28-20(26)22-18)10-14-5-1-12(2-6-14)9-13-3-7-15(8-4-13)11-17-19(25)23-21(27)29-17/h1-8,16-17H,9-11H2,(H,22,24,26)(H,23,25,27). The lowest BCUT2D eigenvalue weighted by atomic mass is 10.00. The molecule has 2 aromatic rings. The fourth-order valence-corrected chi connectivity index (χ4v) is 5.02. The fourth-order valence-electron chi connectivity index (χ4n) is 3.31. The summed E-state index contributed by atoms with van der Waals surface area (Å²) >= 11 is 2.09. The molecule has 2 N–H and O–H groups in total. The first-order chi connectivity index (χ1) is 14.0. The molecule has 0 radical (unpaired) electrons. The third-order valence-corrected chi connectivity index (χ3v) is 6.79. The maximum Gasteiger partial charge on any atom is 0.286 e. The minimum Gasteiger partial charge on any atom is -0.286 e. The number of imide groups is 2. The molecule has 0 bridgehead atoms. The number of carbonyl (C=O) groups is 4. The predicted molar refractivity (Wildman–Crippen MR) is 113 cm³/mol. The Morgan fingerprint density at radius 2 is 0.931 bits per heavy atom. The third kappa shape index (κ3) is 4.89. The highest BCUT2D eigenvalue weighted by atomic mass is 32.2. The van der Waals surface area contributed by atoms with Crippen molar-refractivity contribution in [1.82, 2.24) is 10.6 Å². The van der Waals surface area contributed by atoms with E-state index in [9.17, 15) is 19.2 Å². The van der Waals surface area contributed by atoms with Crippen LogP contribution in [0.1, 0.15) is 22.3 Å². The number of amides is 4. The number of hydrogen-bond donors (Lipinski definition) is 2. The first-order valence-corrected chi connectivity index (χ1v) is 10.9. The van der Waals surface area contributed by atoms with E-state index in [1.165, 1.54) is 0 Å². The van der Waals surface area contributed by atoms with E-state index in [1.54, 1.807) is 0 Å². The molecule has 2 heterocycles. The summed E-state index contributed by atoms with van der Waals surface area (Å²) in [6, 6.07) is 16.1. The van der Waals surface area contributed by atoms with Gasteiger partial charge in [-0.3, -0.25) is 29.8 Å². The highest BCUT2D eigenvalue weighted by molar-refractivity contribution is 8.15. The molecule has 2 aromatic carbocycles.